The lowest BCUT2D eigenvalue weighted by Gasteiger charge is -2.06. The minimum atomic E-state index is -0.471. The molecule has 0 unspecified atom stereocenters. The molecule has 4 aromatic rings. The van der Waals surface area contributed by atoms with Crippen molar-refractivity contribution in [3.05, 3.63) is 77.8 Å². The van der Waals surface area contributed by atoms with Gasteiger partial charge in [-0.2, -0.15) is 5.10 Å². The number of nitrogens with zero attached hydrogens (tertiary/aromatic N) is 3. The number of fused-ring (bicyclic) bond motifs is 1. The molecule has 1 N–H and O–H groups in total. The van der Waals surface area contributed by atoms with E-state index in [0.29, 0.717) is 11.4 Å². The lowest BCUT2D eigenvalue weighted by atomic mass is 10.2. The number of thiazole rings is 1. The number of benzene rings is 2. The molecule has 7 heteroatoms. The number of nitrogens with one attached hydrogen (secondary N) is 1. The van der Waals surface area contributed by atoms with E-state index in [-0.39, 0.29) is 5.91 Å². The first-order valence-corrected chi connectivity index (χ1v) is 8.65. The van der Waals surface area contributed by atoms with Crippen molar-refractivity contribution >= 4 is 39.2 Å². The molecule has 4 rings (SSSR count). The minimum Gasteiger partial charge on any atom is -0.322 e. The lowest BCUT2D eigenvalue weighted by Crippen LogP contribution is -2.08. The first-order chi connectivity index (χ1) is 12.7. The third kappa shape index (κ3) is 3.38. The summed E-state index contributed by atoms with van der Waals surface area (Å²) in [5, 5.41) is 7.37. The van der Waals surface area contributed by atoms with Crippen LogP contribution in [0.5, 0.6) is 0 Å². The average Bonchev–Trinajstić information content (AvgIpc) is 3.29. The van der Waals surface area contributed by atoms with Gasteiger partial charge in [-0.05, 0) is 42.5 Å². The predicted molar refractivity (Wildman–Crippen MR) is 101 cm³/mol. The topological polar surface area (TPSA) is 59.8 Å². The molecule has 2 aromatic heterocycles. The normalized spacial score (nSPS) is 11.3. The fourth-order valence-electron chi connectivity index (χ4n) is 2.47. The van der Waals surface area contributed by atoms with Gasteiger partial charge in [0.2, 0.25) is 5.91 Å². The van der Waals surface area contributed by atoms with Crippen molar-refractivity contribution in [2.45, 2.75) is 0 Å². The van der Waals surface area contributed by atoms with Crippen molar-refractivity contribution < 1.29 is 9.18 Å². The fourth-order valence-corrected chi connectivity index (χ4v) is 3.34. The van der Waals surface area contributed by atoms with Gasteiger partial charge in [0, 0.05) is 24.2 Å². The fraction of sp³-hybridized carbons (Fsp3) is 0. The van der Waals surface area contributed by atoms with Crippen molar-refractivity contribution in [3.8, 4) is 5.69 Å². The van der Waals surface area contributed by atoms with Crippen LogP contribution in [0, 0.1) is 5.82 Å². The third-order valence-corrected chi connectivity index (χ3v) is 4.66. The molecule has 128 valence electrons. The van der Waals surface area contributed by atoms with Gasteiger partial charge in [-0.25, -0.2) is 14.1 Å². The van der Waals surface area contributed by atoms with Gasteiger partial charge in [0.25, 0.3) is 0 Å². The summed E-state index contributed by atoms with van der Waals surface area (Å²) in [7, 11) is 0. The maximum Gasteiger partial charge on any atom is 0.248 e. The molecule has 0 aliphatic rings. The molecule has 0 radical (unpaired) electrons. The summed E-state index contributed by atoms with van der Waals surface area (Å²) in [5.74, 6) is -0.822. The van der Waals surface area contributed by atoms with Crippen LogP contribution >= 0.6 is 11.3 Å². The van der Waals surface area contributed by atoms with Crippen LogP contribution in [0.4, 0.5) is 10.1 Å². The average molecular weight is 364 g/mol. The highest BCUT2D eigenvalue weighted by molar-refractivity contribution is 7.19. The van der Waals surface area contributed by atoms with Gasteiger partial charge in [0.15, 0.2) is 5.82 Å². The number of hydrogen-bond donors (Lipinski definition) is 1. The standard InChI is InChI=1S/C19H13FN4OS/c20-14-12-13(6-7-16(14)24-11-3-10-21-24)22-18(25)8-9-19-23-15-4-1-2-5-17(15)26-19/h1-12H,(H,22,25)/b9-8+. The SMILES string of the molecule is O=C(/C=C/c1nc2ccccc2s1)Nc1ccc(-n2cccn2)c(F)c1. The molecule has 2 heterocycles. The Kier molecular flexibility index (Phi) is 4.28. The van der Waals surface area contributed by atoms with Crippen LogP contribution in [0.15, 0.2) is 67.0 Å². The molecule has 5 nitrogen and oxygen atoms in total. The highest BCUT2D eigenvalue weighted by Crippen LogP contribution is 2.22. The van der Waals surface area contributed by atoms with Gasteiger partial charge >= 0.3 is 0 Å². The first-order valence-electron chi connectivity index (χ1n) is 7.83. The van der Waals surface area contributed by atoms with E-state index in [1.54, 1.807) is 36.7 Å². The number of amides is 1. The molecule has 2 aromatic carbocycles. The van der Waals surface area contributed by atoms with E-state index in [4.69, 9.17) is 0 Å². The van der Waals surface area contributed by atoms with Crippen LogP contribution in [0.2, 0.25) is 0 Å². The summed E-state index contributed by atoms with van der Waals surface area (Å²) in [5.41, 5.74) is 1.59. The number of para-hydroxylation sites is 1. The number of carbonyl (C=O) groups excluding carboxylic acids is 1. The zero-order valence-electron chi connectivity index (χ0n) is 13.5. The smallest absolute Gasteiger partial charge is 0.248 e. The number of hydrogen-bond acceptors (Lipinski definition) is 4. The molecule has 0 spiro atoms. The van der Waals surface area contributed by atoms with Crippen LogP contribution in [0.3, 0.4) is 0 Å². The molecule has 0 aliphatic heterocycles. The largest absolute Gasteiger partial charge is 0.322 e. The van der Waals surface area contributed by atoms with E-state index in [2.05, 4.69) is 15.4 Å². The second-order valence-electron chi connectivity index (χ2n) is 5.46. The van der Waals surface area contributed by atoms with Crippen molar-refractivity contribution in [1.29, 1.82) is 0 Å². The Morgan fingerprint density at radius 3 is 2.85 bits per heavy atom. The Balaban J connectivity index is 1.46. The van der Waals surface area contributed by atoms with E-state index in [1.165, 1.54) is 28.2 Å². The van der Waals surface area contributed by atoms with Crippen molar-refractivity contribution in [1.82, 2.24) is 14.8 Å². The van der Waals surface area contributed by atoms with Crippen LogP contribution in [0.1, 0.15) is 5.01 Å². The van der Waals surface area contributed by atoms with E-state index < -0.39 is 5.82 Å². The molecule has 0 bridgehead atoms. The Bertz CT molecular complexity index is 1070. The molecule has 0 atom stereocenters. The monoisotopic (exact) mass is 364 g/mol. The number of rotatable bonds is 4. The molecular formula is C19H13FN4OS. The Labute approximate surface area is 152 Å². The molecule has 26 heavy (non-hydrogen) atoms. The number of anilines is 1. The van der Waals surface area contributed by atoms with E-state index in [1.807, 2.05) is 24.3 Å². The summed E-state index contributed by atoms with van der Waals surface area (Å²) in [4.78, 5) is 16.5. The third-order valence-electron chi connectivity index (χ3n) is 3.65. The molecule has 0 aliphatic carbocycles. The van der Waals surface area contributed by atoms with E-state index in [9.17, 15) is 9.18 Å². The maximum atomic E-state index is 14.2. The van der Waals surface area contributed by atoms with Gasteiger partial charge in [-0.1, -0.05) is 12.1 Å². The van der Waals surface area contributed by atoms with Crippen LogP contribution in [0.25, 0.3) is 22.0 Å². The highest BCUT2D eigenvalue weighted by Gasteiger charge is 2.07. The minimum absolute atomic E-state index is 0.318. The summed E-state index contributed by atoms with van der Waals surface area (Å²) in [6.45, 7) is 0. The zero-order valence-corrected chi connectivity index (χ0v) is 14.3. The predicted octanol–water partition coefficient (Wildman–Crippen LogP) is 4.27. The van der Waals surface area contributed by atoms with Crippen LogP contribution in [-0.2, 0) is 4.79 Å². The molecule has 0 saturated carbocycles. The van der Waals surface area contributed by atoms with Gasteiger partial charge < -0.3 is 5.32 Å². The summed E-state index contributed by atoms with van der Waals surface area (Å²) in [6.07, 6.45) is 6.25. The van der Waals surface area contributed by atoms with Gasteiger partial charge in [-0.3, -0.25) is 4.79 Å². The molecular weight excluding hydrogens is 351 g/mol. The van der Waals surface area contributed by atoms with Gasteiger partial charge in [0.05, 0.1) is 10.2 Å². The van der Waals surface area contributed by atoms with Crippen molar-refractivity contribution in [2.75, 3.05) is 5.32 Å². The summed E-state index contributed by atoms with van der Waals surface area (Å²) in [6, 6.07) is 13.9. The zero-order chi connectivity index (χ0) is 17.9. The lowest BCUT2D eigenvalue weighted by molar-refractivity contribution is -0.111. The van der Waals surface area contributed by atoms with Crippen LogP contribution < -0.4 is 5.32 Å². The highest BCUT2D eigenvalue weighted by atomic mass is 32.1. The van der Waals surface area contributed by atoms with Crippen molar-refractivity contribution in [3.63, 3.8) is 0 Å². The summed E-state index contributed by atoms with van der Waals surface area (Å²) >= 11 is 1.50. The second-order valence-corrected chi connectivity index (χ2v) is 6.52. The number of aromatic nitrogens is 3. The molecule has 0 fully saturated rings. The van der Waals surface area contributed by atoms with Gasteiger partial charge in [0.1, 0.15) is 10.7 Å². The quantitative estimate of drug-likeness (QED) is 0.550. The Morgan fingerprint density at radius 1 is 1.19 bits per heavy atom. The Morgan fingerprint density at radius 2 is 2.08 bits per heavy atom. The molecule has 1 amide bonds. The van der Waals surface area contributed by atoms with E-state index in [0.717, 1.165) is 15.2 Å². The van der Waals surface area contributed by atoms with Gasteiger partial charge in [-0.15, -0.1) is 11.3 Å². The number of carbonyl (C=O) groups is 1. The van der Waals surface area contributed by atoms with Crippen LogP contribution in [-0.4, -0.2) is 20.7 Å². The van der Waals surface area contributed by atoms with E-state index >= 15 is 0 Å². The summed E-state index contributed by atoms with van der Waals surface area (Å²) < 4.78 is 16.7. The Hall–Kier alpha value is -3.32. The first kappa shape index (κ1) is 16.2. The maximum absolute atomic E-state index is 14.2. The van der Waals surface area contributed by atoms with Crippen molar-refractivity contribution in [2.24, 2.45) is 0 Å². The second kappa shape index (κ2) is 6.89. The molecule has 0 saturated heterocycles. The number of halogens is 1.